The molecular weight excluding hydrogens is 381 g/mol. The zero-order chi connectivity index (χ0) is 15.7. The Bertz CT molecular complexity index is 629. The summed E-state index contributed by atoms with van der Waals surface area (Å²) in [6.07, 6.45) is 0.662. The molecule has 0 radical (unpaired) electrons. The average molecular weight is 391 g/mol. The molecule has 0 N–H and O–H groups in total. The van der Waals surface area contributed by atoms with Crippen molar-refractivity contribution in [2.45, 2.75) is 18.5 Å². The smallest absolute Gasteiger partial charge is 0.490 e. The molecule has 0 aliphatic carbocycles. The SMILES string of the molecule is O=S(=O)(OCc1cc(Br)c2c(c1)OCCCO2)C(F)(F)F. The third-order valence-corrected chi connectivity index (χ3v) is 4.11. The Morgan fingerprint density at radius 2 is 1.90 bits per heavy atom. The van der Waals surface area contributed by atoms with Crippen molar-refractivity contribution in [3.63, 3.8) is 0 Å². The van der Waals surface area contributed by atoms with Gasteiger partial charge in [-0.05, 0) is 33.6 Å². The number of alkyl halides is 3. The first-order chi connectivity index (χ1) is 9.71. The molecule has 0 spiro atoms. The zero-order valence-electron chi connectivity index (χ0n) is 10.4. The highest BCUT2D eigenvalue weighted by molar-refractivity contribution is 9.10. The summed E-state index contributed by atoms with van der Waals surface area (Å²) >= 11 is 3.20. The molecule has 0 unspecified atom stereocenters. The first kappa shape index (κ1) is 16.4. The van der Waals surface area contributed by atoms with E-state index >= 15 is 0 Å². The van der Waals surface area contributed by atoms with E-state index in [-0.39, 0.29) is 5.56 Å². The van der Waals surface area contributed by atoms with Crippen LogP contribution in [0.1, 0.15) is 12.0 Å². The van der Waals surface area contributed by atoms with Gasteiger partial charge in [0, 0.05) is 6.42 Å². The molecule has 0 fully saturated rings. The van der Waals surface area contributed by atoms with Crippen molar-refractivity contribution in [1.29, 1.82) is 0 Å². The molecule has 1 aliphatic heterocycles. The van der Waals surface area contributed by atoms with Crippen LogP contribution in [-0.4, -0.2) is 27.1 Å². The number of rotatable bonds is 3. The lowest BCUT2D eigenvalue weighted by Crippen LogP contribution is -2.25. The second-order valence-electron chi connectivity index (χ2n) is 4.12. The summed E-state index contributed by atoms with van der Waals surface area (Å²) in [5.41, 5.74) is -5.24. The summed E-state index contributed by atoms with van der Waals surface area (Å²) in [6.45, 7) is 0.0889. The maximum Gasteiger partial charge on any atom is 0.523 e. The van der Waals surface area contributed by atoms with Gasteiger partial charge in [0.1, 0.15) is 0 Å². The lowest BCUT2D eigenvalue weighted by molar-refractivity contribution is -0.0547. The number of hydrogen-bond donors (Lipinski definition) is 0. The highest BCUT2D eigenvalue weighted by atomic mass is 79.9. The maximum absolute atomic E-state index is 12.2. The van der Waals surface area contributed by atoms with Gasteiger partial charge in [-0.25, -0.2) is 0 Å². The van der Waals surface area contributed by atoms with Crippen LogP contribution in [0.4, 0.5) is 13.2 Å². The Labute approximate surface area is 127 Å². The molecule has 1 aromatic carbocycles. The van der Waals surface area contributed by atoms with Crippen molar-refractivity contribution < 1.29 is 35.2 Å². The van der Waals surface area contributed by atoms with Crippen LogP contribution in [0.3, 0.4) is 0 Å². The zero-order valence-corrected chi connectivity index (χ0v) is 12.8. The van der Waals surface area contributed by atoms with E-state index in [1.807, 2.05) is 0 Å². The summed E-state index contributed by atoms with van der Waals surface area (Å²) in [7, 11) is -5.62. The molecular formula is C11H10BrF3O5S. The molecule has 118 valence electrons. The number of fused-ring (bicyclic) bond motifs is 1. The molecule has 0 saturated heterocycles. The highest BCUT2D eigenvalue weighted by Crippen LogP contribution is 2.38. The molecule has 0 atom stereocenters. The Hall–Kier alpha value is -1.00. The van der Waals surface area contributed by atoms with Crippen molar-refractivity contribution >= 4 is 26.0 Å². The van der Waals surface area contributed by atoms with E-state index < -0.39 is 22.2 Å². The van der Waals surface area contributed by atoms with Gasteiger partial charge in [-0.2, -0.15) is 21.6 Å². The lowest BCUT2D eigenvalue weighted by atomic mass is 10.2. The minimum Gasteiger partial charge on any atom is -0.490 e. The molecule has 0 amide bonds. The average Bonchev–Trinajstić information content (AvgIpc) is 2.60. The molecule has 1 aliphatic rings. The molecule has 10 heteroatoms. The second-order valence-corrected chi connectivity index (χ2v) is 6.58. The van der Waals surface area contributed by atoms with Gasteiger partial charge < -0.3 is 9.47 Å². The normalized spacial score (nSPS) is 15.6. The minimum absolute atomic E-state index is 0.207. The molecule has 0 bridgehead atoms. The standard InChI is InChI=1S/C11H10BrF3O5S/c12-8-4-7(6-20-21(16,17)11(13,14)15)5-9-10(8)19-3-1-2-18-9/h4-5H,1-3,6H2. The molecule has 0 saturated carbocycles. The highest BCUT2D eigenvalue weighted by Gasteiger charge is 2.47. The fraction of sp³-hybridized carbons (Fsp3) is 0.455. The molecule has 1 heterocycles. The van der Waals surface area contributed by atoms with Gasteiger partial charge in [-0.3, -0.25) is 4.18 Å². The van der Waals surface area contributed by atoms with Crippen molar-refractivity contribution in [1.82, 2.24) is 0 Å². The van der Waals surface area contributed by atoms with Crippen molar-refractivity contribution in [3.05, 3.63) is 22.2 Å². The third-order valence-electron chi connectivity index (χ3n) is 2.53. The monoisotopic (exact) mass is 390 g/mol. The summed E-state index contributed by atoms with van der Waals surface area (Å²) in [5, 5.41) is 0. The van der Waals surface area contributed by atoms with Crippen LogP contribution in [0, 0.1) is 0 Å². The van der Waals surface area contributed by atoms with Crippen molar-refractivity contribution in [2.75, 3.05) is 13.2 Å². The van der Waals surface area contributed by atoms with Crippen LogP contribution < -0.4 is 9.47 Å². The van der Waals surface area contributed by atoms with Gasteiger partial charge in [0.15, 0.2) is 11.5 Å². The fourth-order valence-corrected chi connectivity index (χ4v) is 2.61. The Kier molecular flexibility index (Phi) is 4.69. The van der Waals surface area contributed by atoms with Gasteiger partial charge in [0.05, 0.1) is 24.3 Å². The maximum atomic E-state index is 12.2. The number of hydrogen-bond acceptors (Lipinski definition) is 5. The molecule has 1 aromatic rings. The van der Waals surface area contributed by atoms with Crippen LogP contribution in [-0.2, 0) is 20.9 Å². The molecule has 5 nitrogen and oxygen atoms in total. The fourth-order valence-electron chi connectivity index (χ4n) is 1.58. The van der Waals surface area contributed by atoms with E-state index in [0.717, 1.165) is 0 Å². The van der Waals surface area contributed by atoms with E-state index in [9.17, 15) is 21.6 Å². The van der Waals surface area contributed by atoms with Gasteiger partial charge in [0.2, 0.25) is 0 Å². The topological polar surface area (TPSA) is 61.8 Å². The molecule has 0 aromatic heterocycles. The van der Waals surface area contributed by atoms with Crippen LogP contribution >= 0.6 is 15.9 Å². The van der Waals surface area contributed by atoms with Gasteiger partial charge >= 0.3 is 15.6 Å². The Morgan fingerprint density at radius 3 is 2.57 bits per heavy atom. The largest absolute Gasteiger partial charge is 0.523 e. The summed E-state index contributed by atoms with van der Waals surface area (Å²) in [6, 6.07) is 2.80. The lowest BCUT2D eigenvalue weighted by Gasteiger charge is -2.12. The van der Waals surface area contributed by atoms with Crippen LogP contribution in [0.5, 0.6) is 11.5 Å². The van der Waals surface area contributed by atoms with Crippen LogP contribution in [0.2, 0.25) is 0 Å². The predicted molar refractivity (Wildman–Crippen MR) is 69.5 cm³/mol. The van der Waals surface area contributed by atoms with E-state index in [0.29, 0.717) is 35.6 Å². The number of benzene rings is 1. The van der Waals surface area contributed by atoms with E-state index in [1.54, 1.807) is 0 Å². The quantitative estimate of drug-likeness (QED) is 0.586. The van der Waals surface area contributed by atoms with Gasteiger partial charge in [-0.15, -0.1) is 0 Å². The first-order valence-electron chi connectivity index (χ1n) is 5.74. The number of halogens is 4. The summed E-state index contributed by atoms with van der Waals surface area (Å²) in [5.74, 6) is 0.750. The third kappa shape index (κ3) is 3.80. The van der Waals surface area contributed by atoms with Gasteiger partial charge in [-0.1, -0.05) is 0 Å². The Balaban J connectivity index is 2.19. The van der Waals surface area contributed by atoms with E-state index in [2.05, 4.69) is 20.1 Å². The van der Waals surface area contributed by atoms with Gasteiger partial charge in [0.25, 0.3) is 0 Å². The predicted octanol–water partition coefficient (Wildman–Crippen LogP) is 2.98. The minimum atomic E-state index is -5.62. The van der Waals surface area contributed by atoms with Crippen molar-refractivity contribution in [3.8, 4) is 11.5 Å². The Morgan fingerprint density at radius 1 is 1.24 bits per heavy atom. The number of ether oxygens (including phenoxy) is 2. The second kappa shape index (κ2) is 6.01. The van der Waals surface area contributed by atoms with Crippen LogP contribution in [0.25, 0.3) is 0 Å². The van der Waals surface area contributed by atoms with E-state index in [4.69, 9.17) is 9.47 Å². The summed E-state index contributed by atoms with van der Waals surface area (Å²) in [4.78, 5) is 0. The molecule has 21 heavy (non-hydrogen) atoms. The van der Waals surface area contributed by atoms with Crippen LogP contribution in [0.15, 0.2) is 16.6 Å². The first-order valence-corrected chi connectivity index (χ1v) is 7.94. The molecule has 2 rings (SSSR count). The van der Waals surface area contributed by atoms with Crippen molar-refractivity contribution in [2.24, 2.45) is 0 Å². The van der Waals surface area contributed by atoms with E-state index in [1.165, 1.54) is 12.1 Å². The summed E-state index contributed by atoms with van der Waals surface area (Å²) < 4.78 is 73.5.